The van der Waals surface area contributed by atoms with E-state index in [1.165, 1.54) is 0 Å². The monoisotopic (exact) mass is 596 g/mol. The summed E-state index contributed by atoms with van der Waals surface area (Å²) in [5.74, 6) is -2.60. The van der Waals surface area contributed by atoms with Gasteiger partial charge in [-0.25, -0.2) is 0 Å². The van der Waals surface area contributed by atoms with Gasteiger partial charge in [-0.15, -0.1) is 0 Å². The quantitative estimate of drug-likeness (QED) is 0.0749. The molecule has 0 saturated heterocycles. The number of nitrogens with zero attached hydrogens (tertiary/aromatic N) is 1. The number of benzene rings is 2. The standard InChI is InChI=1S/C31H48N8O4/c1-4-6-12-23(32)28(41)38-25(18-20-14-15-21-10-7-8-11-22(21)17-20)29(42)39-26(19(3)5-2)30(43)37-24(27(33)40)13-9-16-36-31(34)35/h7-8,10-11,14-15,17,19,23-26H,4-6,9,12-13,16,18,32H2,1-3H3,(H2,33,40)(H,37,43)(H,38,41)(H,39,42)(H4,34,35,36)/t19-,23-,24-,25-,26+/m0/s1. The fourth-order valence-corrected chi connectivity index (χ4v) is 4.65. The van der Waals surface area contributed by atoms with Crippen LogP contribution in [0.3, 0.4) is 0 Å². The molecule has 236 valence electrons. The molecule has 0 fully saturated rings. The van der Waals surface area contributed by atoms with Gasteiger partial charge in [0, 0.05) is 13.0 Å². The number of unbranched alkanes of at least 4 members (excludes halogenated alkanes) is 1. The Labute approximate surface area is 253 Å². The first-order chi connectivity index (χ1) is 20.5. The lowest BCUT2D eigenvalue weighted by molar-refractivity contribution is -0.134. The molecule has 0 heterocycles. The number of amides is 4. The zero-order valence-electron chi connectivity index (χ0n) is 25.5. The first kappa shape index (κ1) is 35.0. The van der Waals surface area contributed by atoms with E-state index in [4.69, 9.17) is 22.9 Å². The number of carbonyl (C=O) groups excluding carboxylic acids is 4. The second-order valence-corrected chi connectivity index (χ2v) is 11.0. The number of primary amides is 1. The molecule has 12 heteroatoms. The lowest BCUT2D eigenvalue weighted by Crippen LogP contribution is -2.59. The van der Waals surface area contributed by atoms with Gasteiger partial charge in [-0.3, -0.25) is 24.2 Å². The van der Waals surface area contributed by atoms with E-state index in [1.807, 2.05) is 63.2 Å². The highest BCUT2D eigenvalue weighted by Gasteiger charge is 2.32. The van der Waals surface area contributed by atoms with Crippen LogP contribution in [0.15, 0.2) is 47.5 Å². The van der Waals surface area contributed by atoms with Crippen LogP contribution in [0.5, 0.6) is 0 Å². The van der Waals surface area contributed by atoms with Crippen molar-refractivity contribution in [2.75, 3.05) is 6.54 Å². The molecule has 12 nitrogen and oxygen atoms in total. The van der Waals surface area contributed by atoms with Gasteiger partial charge in [0.2, 0.25) is 23.6 Å². The summed E-state index contributed by atoms with van der Waals surface area (Å²) in [6.45, 7) is 5.98. The van der Waals surface area contributed by atoms with E-state index < -0.39 is 47.8 Å². The molecule has 0 aromatic heterocycles. The van der Waals surface area contributed by atoms with Crippen LogP contribution < -0.4 is 38.9 Å². The average molecular weight is 597 g/mol. The second-order valence-electron chi connectivity index (χ2n) is 11.0. The Morgan fingerprint density at radius 1 is 0.814 bits per heavy atom. The number of aliphatic imine (C=N–C) groups is 1. The van der Waals surface area contributed by atoms with Gasteiger partial charge in [-0.05, 0) is 41.5 Å². The van der Waals surface area contributed by atoms with E-state index in [9.17, 15) is 19.2 Å². The van der Waals surface area contributed by atoms with Gasteiger partial charge in [0.05, 0.1) is 6.04 Å². The molecule has 0 aliphatic heterocycles. The predicted molar refractivity (Wildman–Crippen MR) is 170 cm³/mol. The van der Waals surface area contributed by atoms with Crippen molar-refractivity contribution in [2.24, 2.45) is 33.8 Å². The molecule has 0 aliphatic carbocycles. The van der Waals surface area contributed by atoms with E-state index >= 15 is 0 Å². The van der Waals surface area contributed by atoms with Gasteiger partial charge >= 0.3 is 0 Å². The number of nitrogens with one attached hydrogen (secondary N) is 3. The largest absolute Gasteiger partial charge is 0.370 e. The highest BCUT2D eigenvalue weighted by atomic mass is 16.2. The van der Waals surface area contributed by atoms with Crippen LogP contribution in [0.2, 0.25) is 0 Å². The molecule has 0 bridgehead atoms. The molecule has 0 saturated carbocycles. The van der Waals surface area contributed by atoms with Gasteiger partial charge in [-0.2, -0.15) is 0 Å². The number of hydrogen-bond donors (Lipinski definition) is 7. The Morgan fingerprint density at radius 2 is 1.49 bits per heavy atom. The summed E-state index contributed by atoms with van der Waals surface area (Å²) in [4.78, 5) is 56.1. The summed E-state index contributed by atoms with van der Waals surface area (Å²) < 4.78 is 0. The Kier molecular flexibility index (Phi) is 14.4. The van der Waals surface area contributed by atoms with E-state index in [-0.39, 0.29) is 31.3 Å². The summed E-state index contributed by atoms with van der Waals surface area (Å²) in [7, 11) is 0. The molecule has 11 N–H and O–H groups in total. The molecule has 2 aromatic rings. The van der Waals surface area contributed by atoms with Gasteiger partial charge in [0.25, 0.3) is 0 Å². The van der Waals surface area contributed by atoms with E-state index in [0.29, 0.717) is 19.3 Å². The lowest BCUT2D eigenvalue weighted by atomic mass is 9.96. The fourth-order valence-electron chi connectivity index (χ4n) is 4.65. The number of rotatable bonds is 18. The maximum absolute atomic E-state index is 13.7. The second kappa shape index (κ2) is 17.7. The number of hydrogen-bond acceptors (Lipinski definition) is 6. The number of carbonyl (C=O) groups is 4. The SMILES string of the molecule is CCCC[C@H](N)C(=O)N[C@@H](Cc1ccc2ccccc2c1)C(=O)N[C@@H](C(=O)N[C@@H](CCCN=C(N)N)C(N)=O)[C@@H](C)CC. The Bertz CT molecular complexity index is 1260. The molecule has 0 unspecified atom stereocenters. The highest BCUT2D eigenvalue weighted by molar-refractivity contribution is 5.95. The highest BCUT2D eigenvalue weighted by Crippen LogP contribution is 2.17. The lowest BCUT2D eigenvalue weighted by Gasteiger charge is -2.28. The van der Waals surface area contributed by atoms with Gasteiger partial charge in [0.1, 0.15) is 18.1 Å². The molecular weight excluding hydrogens is 548 g/mol. The average Bonchev–Trinajstić information content (AvgIpc) is 2.98. The number of guanidine groups is 1. The van der Waals surface area contributed by atoms with Gasteiger partial charge in [0.15, 0.2) is 5.96 Å². The van der Waals surface area contributed by atoms with Crippen molar-refractivity contribution in [3.05, 3.63) is 48.0 Å². The minimum Gasteiger partial charge on any atom is -0.370 e. The van der Waals surface area contributed by atoms with Crippen LogP contribution in [-0.2, 0) is 25.6 Å². The van der Waals surface area contributed by atoms with E-state index in [0.717, 1.165) is 29.2 Å². The van der Waals surface area contributed by atoms with Crippen LogP contribution >= 0.6 is 0 Å². The number of nitrogens with two attached hydrogens (primary N) is 4. The van der Waals surface area contributed by atoms with Crippen molar-refractivity contribution in [3.63, 3.8) is 0 Å². The molecule has 0 aliphatic rings. The van der Waals surface area contributed by atoms with Crippen LogP contribution in [0.25, 0.3) is 10.8 Å². The summed E-state index contributed by atoms with van der Waals surface area (Å²) in [5.41, 5.74) is 23.2. The molecule has 5 atom stereocenters. The van der Waals surface area contributed by atoms with Crippen molar-refractivity contribution in [1.29, 1.82) is 0 Å². The Morgan fingerprint density at radius 3 is 2.12 bits per heavy atom. The minimum absolute atomic E-state index is 0.0733. The van der Waals surface area contributed by atoms with E-state index in [1.54, 1.807) is 0 Å². The van der Waals surface area contributed by atoms with Crippen molar-refractivity contribution in [3.8, 4) is 0 Å². The molecule has 2 rings (SSSR count). The molecule has 43 heavy (non-hydrogen) atoms. The molecule has 0 spiro atoms. The van der Waals surface area contributed by atoms with Crippen LogP contribution in [-0.4, -0.2) is 60.3 Å². The van der Waals surface area contributed by atoms with Crippen molar-refractivity contribution >= 4 is 40.4 Å². The molecular formula is C31H48N8O4. The normalized spacial score (nSPS) is 14.5. The maximum atomic E-state index is 13.7. The summed E-state index contributed by atoms with van der Waals surface area (Å²) in [6, 6.07) is 9.96. The van der Waals surface area contributed by atoms with Crippen LogP contribution in [0.1, 0.15) is 64.9 Å². The predicted octanol–water partition coefficient (Wildman–Crippen LogP) is 0.939. The summed E-state index contributed by atoms with van der Waals surface area (Å²) in [6.07, 6.45) is 3.52. The van der Waals surface area contributed by atoms with Crippen LogP contribution in [0, 0.1) is 5.92 Å². The Balaban J connectivity index is 2.26. The number of fused-ring (bicyclic) bond motifs is 1. The summed E-state index contributed by atoms with van der Waals surface area (Å²) >= 11 is 0. The van der Waals surface area contributed by atoms with Gasteiger partial charge in [-0.1, -0.05) is 82.5 Å². The zero-order chi connectivity index (χ0) is 31.9. The van der Waals surface area contributed by atoms with Crippen molar-refractivity contribution < 1.29 is 19.2 Å². The van der Waals surface area contributed by atoms with E-state index in [2.05, 4.69) is 20.9 Å². The van der Waals surface area contributed by atoms with Crippen molar-refractivity contribution in [1.82, 2.24) is 16.0 Å². The third kappa shape index (κ3) is 11.5. The Hall–Kier alpha value is -4.19. The minimum atomic E-state index is -0.993. The zero-order valence-corrected chi connectivity index (χ0v) is 25.5. The first-order valence-corrected chi connectivity index (χ1v) is 15.0. The molecule has 4 amide bonds. The fraction of sp³-hybridized carbons (Fsp3) is 0.516. The van der Waals surface area contributed by atoms with Crippen molar-refractivity contribution in [2.45, 2.75) is 89.9 Å². The summed E-state index contributed by atoms with van der Waals surface area (Å²) in [5, 5.41) is 10.4. The molecule has 2 aromatic carbocycles. The van der Waals surface area contributed by atoms with Crippen LogP contribution in [0.4, 0.5) is 0 Å². The molecule has 0 radical (unpaired) electrons. The smallest absolute Gasteiger partial charge is 0.243 e. The maximum Gasteiger partial charge on any atom is 0.243 e. The van der Waals surface area contributed by atoms with Gasteiger partial charge < -0.3 is 38.9 Å². The third-order valence-corrected chi connectivity index (χ3v) is 7.49. The first-order valence-electron chi connectivity index (χ1n) is 15.0. The topological polar surface area (TPSA) is 221 Å². The third-order valence-electron chi connectivity index (χ3n) is 7.49.